The van der Waals surface area contributed by atoms with Crippen molar-refractivity contribution in [3.8, 4) is 22.3 Å². The van der Waals surface area contributed by atoms with Crippen LogP contribution in [0.2, 0.25) is 0 Å². The lowest BCUT2D eigenvalue weighted by Crippen LogP contribution is -2.06. The molecule has 0 aliphatic heterocycles. The number of hydrogen-bond donors (Lipinski definition) is 0. The molecule has 0 saturated carbocycles. The molecular weight excluding hydrogens is 516 g/mol. The van der Waals surface area contributed by atoms with Crippen LogP contribution in [0.1, 0.15) is 12.5 Å². The number of hydrogen-bond acceptors (Lipinski definition) is 0. The van der Waals surface area contributed by atoms with Gasteiger partial charge in [0, 0.05) is 0 Å². The molecule has 0 nitrogen and oxygen atoms in total. The molecule has 0 amide bonds. The van der Waals surface area contributed by atoms with Crippen LogP contribution in [0.4, 0.5) is 0 Å². The van der Waals surface area contributed by atoms with E-state index in [9.17, 15) is 0 Å². The molecule has 0 radical (unpaired) electrons. The highest BCUT2D eigenvalue weighted by molar-refractivity contribution is 6.10. The Bertz CT molecular complexity index is 2240. The van der Waals surface area contributed by atoms with Crippen molar-refractivity contribution in [1.82, 2.24) is 0 Å². The zero-order valence-electron chi connectivity index (χ0n) is 24.6. The number of benzene rings is 5. The summed E-state index contributed by atoms with van der Waals surface area (Å²) in [4.78, 5) is 0. The monoisotopic (exact) mass is 550 g/mol. The van der Waals surface area contributed by atoms with Crippen molar-refractivity contribution in [2.24, 2.45) is 0 Å². The van der Waals surface area contributed by atoms with E-state index in [1.165, 1.54) is 32.7 Å². The van der Waals surface area contributed by atoms with E-state index in [-0.39, 0.29) is 0 Å². The predicted molar refractivity (Wildman–Crippen MR) is 191 cm³/mol. The molecule has 206 valence electrons. The first kappa shape index (κ1) is 27.7. The van der Waals surface area contributed by atoms with Gasteiger partial charge < -0.3 is 0 Å². The lowest BCUT2D eigenvalue weighted by molar-refractivity contribution is 1.58. The molecular formula is C43H34. The quantitative estimate of drug-likeness (QED) is 0.187. The standard InChI is InChI=1S/C43H34/c1-5-15-33(16-6-2)42-30(3)17-7-8-18-31(4)43(41-22-12-11-21-40(41)42)39-26-14-24-37-36(23-13-25-38(37)39)35-28-27-32-19-9-10-20-34(32)29-35/h5-29H,1,3-4H2,2H3/b16-6-,17-7?,18-8?,33-15+,42-40?,43-41?. The van der Waals surface area contributed by atoms with E-state index >= 15 is 0 Å². The first-order valence-corrected chi connectivity index (χ1v) is 14.6. The van der Waals surface area contributed by atoms with E-state index < -0.39 is 0 Å². The molecule has 6 aromatic rings. The highest BCUT2D eigenvalue weighted by Crippen LogP contribution is 2.37. The normalized spacial score (nSPS) is 11.7. The molecule has 0 heteroatoms. The number of fused-ring (bicyclic) bond motifs is 3. The summed E-state index contributed by atoms with van der Waals surface area (Å²) < 4.78 is 0. The fraction of sp³-hybridized carbons (Fsp3) is 0.0233. The molecule has 0 atom stereocenters. The van der Waals surface area contributed by atoms with Gasteiger partial charge in [-0.3, -0.25) is 0 Å². The second kappa shape index (κ2) is 12.2. The lowest BCUT2D eigenvalue weighted by atomic mass is 9.89. The first-order chi connectivity index (χ1) is 21.1. The maximum absolute atomic E-state index is 4.59. The highest BCUT2D eigenvalue weighted by Gasteiger charge is 2.13. The summed E-state index contributed by atoms with van der Waals surface area (Å²) >= 11 is 0. The van der Waals surface area contributed by atoms with E-state index in [0.717, 1.165) is 43.5 Å². The van der Waals surface area contributed by atoms with Gasteiger partial charge in [-0.2, -0.15) is 0 Å². The van der Waals surface area contributed by atoms with Gasteiger partial charge >= 0.3 is 0 Å². The minimum atomic E-state index is 0.937. The van der Waals surface area contributed by atoms with Crippen molar-refractivity contribution >= 4 is 51.0 Å². The summed E-state index contributed by atoms with van der Waals surface area (Å²) in [5.41, 5.74) is 6.81. The van der Waals surface area contributed by atoms with Crippen LogP contribution >= 0.6 is 0 Å². The van der Waals surface area contributed by atoms with Gasteiger partial charge in [-0.15, -0.1) is 0 Å². The SMILES string of the molecule is C=C/C=C(\C=C/C)c1c(=C)ccccc(=C)c(-c2cccc3c(-c4ccc5ccccc5c4)cccc23)c2ccccc12. The Hall–Kier alpha value is -5.46. The molecule has 0 spiro atoms. The minimum Gasteiger partial charge on any atom is -0.0990 e. The molecule has 43 heavy (non-hydrogen) atoms. The Kier molecular flexibility index (Phi) is 7.85. The van der Waals surface area contributed by atoms with Crippen molar-refractivity contribution in [3.63, 3.8) is 0 Å². The summed E-state index contributed by atoms with van der Waals surface area (Å²) in [6, 6.07) is 45.3. The van der Waals surface area contributed by atoms with Crippen molar-refractivity contribution in [1.29, 1.82) is 0 Å². The summed E-state index contributed by atoms with van der Waals surface area (Å²) in [6.45, 7) is 15.1. The minimum absolute atomic E-state index is 0.937. The fourth-order valence-corrected chi connectivity index (χ4v) is 6.10. The van der Waals surface area contributed by atoms with Gasteiger partial charge in [0.25, 0.3) is 0 Å². The second-order valence-corrected chi connectivity index (χ2v) is 10.7. The maximum atomic E-state index is 4.59. The van der Waals surface area contributed by atoms with Gasteiger partial charge in [0.1, 0.15) is 0 Å². The lowest BCUT2D eigenvalue weighted by Gasteiger charge is -2.14. The fourth-order valence-electron chi connectivity index (χ4n) is 6.10. The average Bonchev–Trinajstić information content (AvgIpc) is 3.03. The van der Waals surface area contributed by atoms with Gasteiger partial charge in [0.2, 0.25) is 0 Å². The van der Waals surface area contributed by atoms with Crippen LogP contribution in [-0.2, 0) is 0 Å². The van der Waals surface area contributed by atoms with Gasteiger partial charge in [0.05, 0.1) is 0 Å². The van der Waals surface area contributed by atoms with E-state index in [1.807, 2.05) is 19.1 Å². The van der Waals surface area contributed by atoms with Crippen LogP contribution in [0.3, 0.4) is 0 Å². The third-order valence-electron chi connectivity index (χ3n) is 8.00. The maximum Gasteiger partial charge on any atom is -0.00323 e. The Morgan fingerprint density at radius 3 is 1.91 bits per heavy atom. The van der Waals surface area contributed by atoms with E-state index in [0.29, 0.717) is 0 Å². The molecule has 0 aromatic heterocycles. The summed E-state index contributed by atoms with van der Waals surface area (Å²) in [7, 11) is 0. The second-order valence-electron chi connectivity index (χ2n) is 10.7. The van der Waals surface area contributed by atoms with Gasteiger partial charge in [0.15, 0.2) is 0 Å². The number of rotatable bonds is 5. The third-order valence-corrected chi connectivity index (χ3v) is 8.00. The zero-order chi connectivity index (χ0) is 29.8. The van der Waals surface area contributed by atoms with Gasteiger partial charge in [-0.05, 0) is 89.1 Å². The molecule has 0 saturated heterocycles. The van der Waals surface area contributed by atoms with Gasteiger partial charge in [-0.25, -0.2) is 0 Å². The van der Waals surface area contributed by atoms with Crippen LogP contribution in [-0.4, -0.2) is 0 Å². The highest BCUT2D eigenvalue weighted by atomic mass is 14.2. The molecule has 0 aliphatic carbocycles. The molecule has 0 aliphatic rings. The summed E-state index contributed by atoms with van der Waals surface area (Å²) in [5.74, 6) is 0. The van der Waals surface area contributed by atoms with E-state index in [2.05, 4.69) is 159 Å². The summed E-state index contributed by atoms with van der Waals surface area (Å²) in [5, 5.41) is 9.00. The van der Waals surface area contributed by atoms with Gasteiger partial charge in [-0.1, -0.05) is 165 Å². The molecule has 0 unspecified atom stereocenters. The molecule has 6 aromatic carbocycles. The van der Waals surface area contributed by atoms with Crippen LogP contribution < -0.4 is 10.4 Å². The third kappa shape index (κ3) is 5.32. The van der Waals surface area contributed by atoms with Crippen molar-refractivity contribution < 1.29 is 0 Å². The Morgan fingerprint density at radius 2 is 1.16 bits per heavy atom. The van der Waals surface area contributed by atoms with Crippen LogP contribution in [0, 0.1) is 0 Å². The van der Waals surface area contributed by atoms with Crippen molar-refractivity contribution in [2.45, 2.75) is 6.92 Å². The average molecular weight is 551 g/mol. The smallest absolute Gasteiger partial charge is 0.00323 e. The van der Waals surface area contributed by atoms with Crippen molar-refractivity contribution in [2.75, 3.05) is 0 Å². The number of allylic oxidation sites excluding steroid dienone is 5. The topological polar surface area (TPSA) is 0 Å². The zero-order valence-corrected chi connectivity index (χ0v) is 24.6. The van der Waals surface area contributed by atoms with E-state index in [4.69, 9.17) is 0 Å². The molecule has 0 heterocycles. The van der Waals surface area contributed by atoms with Crippen LogP contribution in [0.25, 0.3) is 73.3 Å². The molecule has 0 N–H and O–H groups in total. The van der Waals surface area contributed by atoms with Crippen LogP contribution in [0.15, 0.2) is 158 Å². The Morgan fingerprint density at radius 1 is 0.558 bits per heavy atom. The largest absolute Gasteiger partial charge is 0.0990 e. The predicted octanol–water partition coefficient (Wildman–Crippen LogP) is 10.6. The summed E-state index contributed by atoms with van der Waals surface area (Å²) in [6.07, 6.45) is 8.07. The Balaban J connectivity index is 1.74. The molecule has 0 fully saturated rings. The van der Waals surface area contributed by atoms with E-state index in [1.54, 1.807) is 0 Å². The molecule has 6 rings (SSSR count). The first-order valence-electron chi connectivity index (χ1n) is 14.6. The Labute approximate surface area is 253 Å². The van der Waals surface area contributed by atoms with Crippen molar-refractivity contribution in [3.05, 3.63) is 174 Å². The molecule has 0 bridgehead atoms. The van der Waals surface area contributed by atoms with Crippen LogP contribution in [0.5, 0.6) is 0 Å².